The van der Waals surface area contributed by atoms with Crippen LogP contribution in [0.25, 0.3) is 0 Å². The maximum atomic E-state index is 12.6. The Bertz CT molecular complexity index is 598. The second-order valence-electron chi connectivity index (χ2n) is 7.39. The van der Waals surface area contributed by atoms with Crippen molar-refractivity contribution in [2.24, 2.45) is 11.7 Å². The van der Waals surface area contributed by atoms with Crippen LogP contribution in [0.1, 0.15) is 61.7 Å². The molecule has 1 saturated carbocycles. The summed E-state index contributed by atoms with van der Waals surface area (Å²) >= 11 is 0. The van der Waals surface area contributed by atoms with Gasteiger partial charge in [-0.2, -0.15) is 0 Å². The van der Waals surface area contributed by atoms with Gasteiger partial charge in [-0.05, 0) is 55.9 Å². The maximum absolute atomic E-state index is 12.6. The second kappa shape index (κ2) is 9.93. The quantitative estimate of drug-likeness (QED) is 0.839. The fraction of sp³-hybridized carbons (Fsp3) is 0.600. The number of anilines is 1. The van der Waals surface area contributed by atoms with E-state index < -0.39 is 0 Å². The minimum absolute atomic E-state index is 0. The molecular formula is C20H30ClN3O2. The summed E-state index contributed by atoms with van der Waals surface area (Å²) in [7, 11) is 0. The largest absolute Gasteiger partial charge is 0.339 e. The van der Waals surface area contributed by atoms with Gasteiger partial charge in [0, 0.05) is 36.8 Å². The van der Waals surface area contributed by atoms with Crippen molar-refractivity contribution in [3.63, 3.8) is 0 Å². The van der Waals surface area contributed by atoms with Crippen molar-refractivity contribution >= 4 is 29.9 Å². The lowest BCUT2D eigenvalue weighted by atomic mass is 10.00. The van der Waals surface area contributed by atoms with Crippen molar-refractivity contribution < 1.29 is 9.59 Å². The Kier molecular flexibility index (Phi) is 7.91. The highest BCUT2D eigenvalue weighted by Crippen LogP contribution is 2.27. The number of nitrogens with two attached hydrogens (primary N) is 1. The molecule has 0 radical (unpaired) electrons. The number of benzene rings is 1. The normalized spacial score (nSPS) is 23.0. The van der Waals surface area contributed by atoms with Gasteiger partial charge in [0.1, 0.15) is 0 Å². The zero-order chi connectivity index (χ0) is 17.6. The third kappa shape index (κ3) is 5.45. The minimum atomic E-state index is 0. The fourth-order valence-electron chi connectivity index (χ4n) is 3.92. The predicted molar refractivity (Wildman–Crippen MR) is 107 cm³/mol. The molecule has 6 heteroatoms. The van der Waals surface area contributed by atoms with Gasteiger partial charge in [-0.15, -0.1) is 12.4 Å². The molecule has 5 nitrogen and oxygen atoms in total. The Morgan fingerprint density at radius 1 is 1.00 bits per heavy atom. The fourth-order valence-corrected chi connectivity index (χ4v) is 3.92. The Hall–Kier alpha value is -1.59. The van der Waals surface area contributed by atoms with Gasteiger partial charge in [-0.1, -0.05) is 19.3 Å². The van der Waals surface area contributed by atoms with Gasteiger partial charge in [0.15, 0.2) is 0 Å². The molecule has 26 heavy (non-hydrogen) atoms. The number of halogens is 1. The van der Waals surface area contributed by atoms with Gasteiger partial charge < -0.3 is 16.0 Å². The average Bonchev–Trinajstić information content (AvgIpc) is 2.86. The molecule has 2 fully saturated rings. The number of nitrogens with zero attached hydrogens (tertiary/aromatic N) is 1. The molecule has 144 valence electrons. The van der Waals surface area contributed by atoms with E-state index in [4.69, 9.17) is 5.73 Å². The highest BCUT2D eigenvalue weighted by atomic mass is 35.5. The van der Waals surface area contributed by atoms with Crippen molar-refractivity contribution in [3.8, 4) is 0 Å². The first-order valence-corrected chi connectivity index (χ1v) is 9.58. The van der Waals surface area contributed by atoms with E-state index in [-0.39, 0.29) is 30.3 Å². The van der Waals surface area contributed by atoms with Gasteiger partial charge >= 0.3 is 0 Å². The van der Waals surface area contributed by atoms with Crippen molar-refractivity contribution in [2.45, 2.75) is 57.4 Å². The molecule has 1 saturated heterocycles. The lowest BCUT2D eigenvalue weighted by molar-refractivity contribution is -0.117. The summed E-state index contributed by atoms with van der Waals surface area (Å²) in [6.07, 6.45) is 8.25. The first kappa shape index (κ1) is 20.7. The molecule has 1 aliphatic carbocycles. The van der Waals surface area contributed by atoms with Crippen LogP contribution in [0.3, 0.4) is 0 Å². The van der Waals surface area contributed by atoms with Crippen molar-refractivity contribution in [1.29, 1.82) is 0 Å². The summed E-state index contributed by atoms with van der Waals surface area (Å²) in [5.74, 6) is 0.398. The van der Waals surface area contributed by atoms with Crippen LogP contribution < -0.4 is 11.1 Å². The Balaban J connectivity index is 0.00000243. The summed E-state index contributed by atoms with van der Waals surface area (Å²) in [5.41, 5.74) is 7.47. The molecule has 3 rings (SSSR count). The zero-order valence-electron chi connectivity index (χ0n) is 15.3. The summed E-state index contributed by atoms with van der Waals surface area (Å²) in [6, 6.07) is 7.41. The molecule has 0 spiro atoms. The molecular weight excluding hydrogens is 350 g/mol. The van der Waals surface area contributed by atoms with Crippen LogP contribution in [0, 0.1) is 5.92 Å². The van der Waals surface area contributed by atoms with Crippen LogP contribution >= 0.6 is 12.4 Å². The van der Waals surface area contributed by atoms with Crippen LogP contribution in [-0.2, 0) is 4.79 Å². The average molecular weight is 380 g/mol. The molecule has 2 amide bonds. The SMILES string of the molecule is Cl.N[C@@H]1CCC[C@H]1CC(=O)Nc1ccc(C(=O)N2CCCCCC2)cc1. The second-order valence-corrected chi connectivity index (χ2v) is 7.39. The number of likely N-dealkylation sites (tertiary alicyclic amines) is 1. The highest BCUT2D eigenvalue weighted by Gasteiger charge is 2.26. The monoisotopic (exact) mass is 379 g/mol. The number of nitrogens with one attached hydrogen (secondary N) is 1. The van der Waals surface area contributed by atoms with Gasteiger partial charge in [0.25, 0.3) is 5.91 Å². The lowest BCUT2D eigenvalue weighted by Gasteiger charge is -2.20. The molecule has 0 bridgehead atoms. The van der Waals surface area contributed by atoms with Crippen LogP contribution in [0.4, 0.5) is 5.69 Å². The van der Waals surface area contributed by atoms with Crippen LogP contribution in [0.15, 0.2) is 24.3 Å². The smallest absolute Gasteiger partial charge is 0.253 e. The van der Waals surface area contributed by atoms with Gasteiger partial charge in [0.2, 0.25) is 5.91 Å². The van der Waals surface area contributed by atoms with Gasteiger partial charge in [0.05, 0.1) is 0 Å². The Morgan fingerprint density at radius 3 is 2.23 bits per heavy atom. The molecule has 2 atom stereocenters. The lowest BCUT2D eigenvalue weighted by Crippen LogP contribution is -2.31. The first-order chi connectivity index (χ1) is 12.1. The third-order valence-electron chi connectivity index (χ3n) is 5.47. The minimum Gasteiger partial charge on any atom is -0.339 e. The zero-order valence-corrected chi connectivity index (χ0v) is 16.1. The third-order valence-corrected chi connectivity index (χ3v) is 5.47. The molecule has 3 N–H and O–H groups in total. The standard InChI is InChI=1S/C20H29N3O2.ClH/c21-18-7-5-6-16(18)14-19(24)22-17-10-8-15(9-11-17)20(25)23-12-3-1-2-4-13-23;/h8-11,16,18H,1-7,12-14,21H2,(H,22,24);1H/t16-,18+;/m0./s1. The van der Waals surface area contributed by atoms with Gasteiger partial charge in [-0.25, -0.2) is 0 Å². The molecule has 0 unspecified atom stereocenters. The molecule has 1 heterocycles. The number of rotatable bonds is 4. The van der Waals surface area contributed by atoms with E-state index >= 15 is 0 Å². The van der Waals surface area contributed by atoms with E-state index in [0.29, 0.717) is 17.9 Å². The summed E-state index contributed by atoms with van der Waals surface area (Å²) < 4.78 is 0. The van der Waals surface area contributed by atoms with E-state index in [9.17, 15) is 9.59 Å². The number of carbonyl (C=O) groups is 2. The molecule has 1 aromatic rings. The number of hydrogen-bond donors (Lipinski definition) is 2. The van der Waals surface area contributed by atoms with Crippen LogP contribution in [0.2, 0.25) is 0 Å². The molecule has 1 aromatic carbocycles. The van der Waals surface area contributed by atoms with Crippen LogP contribution in [0.5, 0.6) is 0 Å². The summed E-state index contributed by atoms with van der Waals surface area (Å²) in [5, 5.41) is 2.93. The molecule has 0 aromatic heterocycles. The maximum Gasteiger partial charge on any atom is 0.253 e. The van der Waals surface area contributed by atoms with Crippen molar-refractivity contribution in [3.05, 3.63) is 29.8 Å². The number of carbonyl (C=O) groups excluding carboxylic acids is 2. The Morgan fingerprint density at radius 2 is 1.65 bits per heavy atom. The van der Waals surface area contributed by atoms with Crippen molar-refractivity contribution in [1.82, 2.24) is 4.90 Å². The van der Waals surface area contributed by atoms with Crippen molar-refractivity contribution in [2.75, 3.05) is 18.4 Å². The molecule has 1 aliphatic heterocycles. The van der Waals surface area contributed by atoms with E-state index in [2.05, 4.69) is 5.32 Å². The molecule has 2 aliphatic rings. The van der Waals surface area contributed by atoms with E-state index in [1.165, 1.54) is 12.8 Å². The van der Waals surface area contributed by atoms with E-state index in [0.717, 1.165) is 50.9 Å². The topological polar surface area (TPSA) is 75.4 Å². The number of hydrogen-bond acceptors (Lipinski definition) is 3. The van der Waals surface area contributed by atoms with E-state index in [1.807, 2.05) is 29.2 Å². The van der Waals surface area contributed by atoms with Crippen LogP contribution in [-0.4, -0.2) is 35.8 Å². The highest BCUT2D eigenvalue weighted by molar-refractivity contribution is 5.95. The predicted octanol–water partition coefficient (Wildman–Crippen LogP) is 3.58. The summed E-state index contributed by atoms with van der Waals surface area (Å²) in [4.78, 5) is 26.7. The van der Waals surface area contributed by atoms with E-state index in [1.54, 1.807) is 0 Å². The number of amides is 2. The summed E-state index contributed by atoms with van der Waals surface area (Å²) in [6.45, 7) is 1.69. The van der Waals surface area contributed by atoms with Gasteiger partial charge in [-0.3, -0.25) is 9.59 Å². The first-order valence-electron chi connectivity index (χ1n) is 9.58. The Labute approximate surface area is 162 Å².